The lowest BCUT2D eigenvalue weighted by molar-refractivity contribution is -0.0194. The Balaban J connectivity index is 1.65. The average molecular weight is 358 g/mol. The molecule has 2 aromatic rings. The summed E-state index contributed by atoms with van der Waals surface area (Å²) in [7, 11) is 0. The van der Waals surface area contributed by atoms with E-state index in [9.17, 15) is 0 Å². The van der Waals surface area contributed by atoms with Crippen LogP contribution in [0, 0.1) is 0 Å². The molecule has 2 aromatic carbocycles. The monoisotopic (exact) mass is 358 g/mol. The summed E-state index contributed by atoms with van der Waals surface area (Å²) in [5.74, 6) is 0.389. The summed E-state index contributed by atoms with van der Waals surface area (Å²) in [5.41, 5.74) is 8.04. The van der Waals surface area contributed by atoms with Crippen LogP contribution in [0.5, 0.6) is 0 Å². The van der Waals surface area contributed by atoms with Crippen molar-refractivity contribution in [3.05, 3.63) is 82.4 Å². The molecule has 2 aliphatic heterocycles. The summed E-state index contributed by atoms with van der Waals surface area (Å²) in [6, 6.07) is 15.7. The van der Waals surface area contributed by atoms with E-state index in [1.165, 1.54) is 33.5 Å². The van der Waals surface area contributed by atoms with Gasteiger partial charge in [0.1, 0.15) is 6.10 Å². The molecule has 0 saturated carbocycles. The summed E-state index contributed by atoms with van der Waals surface area (Å²) in [5, 5.41) is 7.58. The van der Waals surface area contributed by atoms with E-state index in [1.54, 1.807) is 0 Å². The molecule has 2 heterocycles. The molecular weight excluding hydrogens is 332 g/mol. The van der Waals surface area contributed by atoms with Crippen molar-refractivity contribution in [2.45, 2.75) is 38.0 Å². The van der Waals surface area contributed by atoms with Crippen molar-refractivity contribution in [2.24, 2.45) is 0 Å². The van der Waals surface area contributed by atoms with Gasteiger partial charge in [-0.1, -0.05) is 66.3 Å². The lowest BCUT2D eigenvalue weighted by atomic mass is 9.83. The van der Waals surface area contributed by atoms with Crippen LogP contribution in [0.15, 0.2) is 60.2 Å². The van der Waals surface area contributed by atoms with Gasteiger partial charge in [0.05, 0.1) is 18.7 Å². The Labute approximate surface area is 161 Å². The maximum atomic E-state index is 6.25. The SMILES string of the molecule is CC=CC1C(C)=Cc2c1ccc1c2N[C@H](c2ccccc2)[C@H]2OCCN[C@H]12. The fourth-order valence-electron chi connectivity index (χ4n) is 4.88. The molecule has 1 unspecified atom stereocenters. The van der Waals surface area contributed by atoms with Crippen LogP contribution >= 0.6 is 0 Å². The molecule has 3 heteroatoms. The number of fused-ring (bicyclic) bond motifs is 5. The first-order chi connectivity index (χ1) is 13.3. The molecule has 4 atom stereocenters. The van der Waals surface area contributed by atoms with E-state index < -0.39 is 0 Å². The zero-order chi connectivity index (χ0) is 18.4. The summed E-state index contributed by atoms with van der Waals surface area (Å²) < 4.78 is 6.25. The summed E-state index contributed by atoms with van der Waals surface area (Å²) in [4.78, 5) is 0. The number of anilines is 1. The van der Waals surface area contributed by atoms with Crippen LogP contribution in [0.25, 0.3) is 6.08 Å². The third kappa shape index (κ3) is 2.65. The Hall–Kier alpha value is -2.36. The second kappa shape index (κ2) is 6.66. The molecule has 0 bridgehead atoms. The van der Waals surface area contributed by atoms with Gasteiger partial charge < -0.3 is 15.4 Å². The predicted octanol–water partition coefficient (Wildman–Crippen LogP) is 4.96. The first-order valence-corrected chi connectivity index (χ1v) is 9.92. The highest BCUT2D eigenvalue weighted by Crippen LogP contribution is 2.49. The fourth-order valence-corrected chi connectivity index (χ4v) is 4.88. The quantitative estimate of drug-likeness (QED) is 0.745. The normalized spacial score (nSPS) is 28.9. The molecule has 1 fully saturated rings. The van der Waals surface area contributed by atoms with E-state index in [4.69, 9.17) is 4.74 Å². The van der Waals surface area contributed by atoms with Crippen LogP contribution < -0.4 is 10.6 Å². The highest BCUT2D eigenvalue weighted by molar-refractivity contribution is 5.81. The molecule has 3 nitrogen and oxygen atoms in total. The van der Waals surface area contributed by atoms with E-state index in [0.29, 0.717) is 5.92 Å². The van der Waals surface area contributed by atoms with Crippen LogP contribution in [0.4, 0.5) is 5.69 Å². The number of rotatable bonds is 2. The number of hydrogen-bond donors (Lipinski definition) is 2. The lowest BCUT2D eigenvalue weighted by Crippen LogP contribution is -2.49. The maximum Gasteiger partial charge on any atom is 0.101 e. The maximum absolute atomic E-state index is 6.25. The van der Waals surface area contributed by atoms with Gasteiger partial charge in [-0.25, -0.2) is 0 Å². The van der Waals surface area contributed by atoms with Crippen molar-refractivity contribution in [2.75, 3.05) is 18.5 Å². The molecular formula is C24H26N2O. The standard InChI is InChI=1S/C24H26N2O/c1-3-7-17-15(2)14-20-18(17)10-11-19-22(20)26-21(16-8-5-4-6-9-16)24-23(19)25-12-13-27-24/h3-11,14,17,21,23-26H,12-13H2,1-2H3/t17?,21-,23-,24-/m1/s1. The number of morpholine rings is 1. The molecule has 2 N–H and O–H groups in total. The van der Waals surface area contributed by atoms with Crippen LogP contribution in [-0.2, 0) is 4.74 Å². The largest absolute Gasteiger partial charge is 0.375 e. The van der Waals surface area contributed by atoms with Crippen LogP contribution in [-0.4, -0.2) is 19.3 Å². The summed E-state index contributed by atoms with van der Waals surface area (Å²) in [6.07, 6.45) is 6.91. The summed E-state index contributed by atoms with van der Waals surface area (Å²) in [6.45, 7) is 5.99. The molecule has 27 heavy (non-hydrogen) atoms. The van der Waals surface area contributed by atoms with Gasteiger partial charge in [-0.05, 0) is 30.5 Å². The van der Waals surface area contributed by atoms with Gasteiger partial charge in [0, 0.05) is 23.7 Å². The molecule has 3 aliphatic rings. The van der Waals surface area contributed by atoms with Crippen molar-refractivity contribution in [1.82, 2.24) is 5.32 Å². The Morgan fingerprint density at radius 1 is 1.04 bits per heavy atom. The first kappa shape index (κ1) is 16.8. The zero-order valence-corrected chi connectivity index (χ0v) is 15.9. The molecule has 1 saturated heterocycles. The van der Waals surface area contributed by atoms with Gasteiger partial charge in [0.2, 0.25) is 0 Å². The highest BCUT2D eigenvalue weighted by Gasteiger charge is 2.41. The zero-order valence-electron chi connectivity index (χ0n) is 15.9. The van der Waals surface area contributed by atoms with Gasteiger partial charge in [0.25, 0.3) is 0 Å². The van der Waals surface area contributed by atoms with Crippen molar-refractivity contribution in [3.8, 4) is 0 Å². The Bertz CT molecular complexity index is 915. The van der Waals surface area contributed by atoms with Crippen molar-refractivity contribution < 1.29 is 4.74 Å². The number of benzene rings is 2. The molecule has 0 amide bonds. The fraction of sp³-hybridized carbons (Fsp3) is 0.333. The Morgan fingerprint density at radius 3 is 2.67 bits per heavy atom. The second-order valence-corrected chi connectivity index (χ2v) is 7.72. The van der Waals surface area contributed by atoms with E-state index in [1.807, 2.05) is 0 Å². The lowest BCUT2D eigenvalue weighted by Gasteiger charge is -2.44. The van der Waals surface area contributed by atoms with Gasteiger partial charge >= 0.3 is 0 Å². The molecule has 5 rings (SSSR count). The van der Waals surface area contributed by atoms with E-state index >= 15 is 0 Å². The highest BCUT2D eigenvalue weighted by atomic mass is 16.5. The van der Waals surface area contributed by atoms with E-state index in [0.717, 1.165) is 13.2 Å². The third-order valence-electron chi connectivity index (χ3n) is 6.12. The number of allylic oxidation sites excluding steroid dienone is 3. The minimum atomic E-state index is 0.101. The second-order valence-electron chi connectivity index (χ2n) is 7.72. The number of nitrogens with one attached hydrogen (secondary N) is 2. The van der Waals surface area contributed by atoms with Crippen LogP contribution in [0.3, 0.4) is 0 Å². The first-order valence-electron chi connectivity index (χ1n) is 9.92. The van der Waals surface area contributed by atoms with Gasteiger partial charge in [0.15, 0.2) is 0 Å². The van der Waals surface area contributed by atoms with Crippen LogP contribution in [0.1, 0.15) is 54.1 Å². The third-order valence-corrected chi connectivity index (χ3v) is 6.12. The minimum absolute atomic E-state index is 0.101. The van der Waals surface area contributed by atoms with Gasteiger partial charge in [-0.3, -0.25) is 0 Å². The molecule has 0 radical (unpaired) electrons. The number of hydrogen-bond acceptors (Lipinski definition) is 3. The molecule has 0 spiro atoms. The molecule has 1 aliphatic carbocycles. The smallest absolute Gasteiger partial charge is 0.101 e. The minimum Gasteiger partial charge on any atom is -0.375 e. The van der Waals surface area contributed by atoms with E-state index in [-0.39, 0.29) is 18.2 Å². The summed E-state index contributed by atoms with van der Waals surface area (Å²) >= 11 is 0. The Morgan fingerprint density at radius 2 is 1.85 bits per heavy atom. The van der Waals surface area contributed by atoms with E-state index in [2.05, 4.69) is 85.2 Å². The van der Waals surface area contributed by atoms with Gasteiger partial charge in [-0.15, -0.1) is 0 Å². The van der Waals surface area contributed by atoms with Crippen LogP contribution in [0.2, 0.25) is 0 Å². The molecule has 138 valence electrons. The Kier molecular flexibility index (Phi) is 4.14. The molecule has 0 aromatic heterocycles. The van der Waals surface area contributed by atoms with Crippen molar-refractivity contribution >= 4 is 11.8 Å². The van der Waals surface area contributed by atoms with Gasteiger partial charge in [-0.2, -0.15) is 0 Å². The predicted molar refractivity (Wildman–Crippen MR) is 111 cm³/mol. The topological polar surface area (TPSA) is 33.3 Å². The average Bonchev–Trinajstić information content (AvgIpc) is 3.04. The van der Waals surface area contributed by atoms with Crippen molar-refractivity contribution in [3.63, 3.8) is 0 Å². The number of ether oxygens (including phenoxy) is 1. The van der Waals surface area contributed by atoms with Crippen molar-refractivity contribution in [1.29, 1.82) is 0 Å².